The van der Waals surface area contributed by atoms with Gasteiger partial charge in [0.2, 0.25) is 11.8 Å². The highest BCUT2D eigenvalue weighted by molar-refractivity contribution is 7.92. The molecular weight excluding hydrogens is 534 g/mol. The molecule has 1 N–H and O–H groups in total. The van der Waals surface area contributed by atoms with Gasteiger partial charge in [0.15, 0.2) is 0 Å². The summed E-state index contributed by atoms with van der Waals surface area (Å²) in [5.41, 5.74) is 2.45. The topological polar surface area (TPSA) is 86.8 Å². The van der Waals surface area contributed by atoms with Gasteiger partial charge < -0.3 is 10.2 Å². The maximum absolute atomic E-state index is 14.0. The van der Waals surface area contributed by atoms with Crippen molar-refractivity contribution in [2.75, 3.05) is 10.8 Å². The van der Waals surface area contributed by atoms with Gasteiger partial charge in [0.1, 0.15) is 12.6 Å². The van der Waals surface area contributed by atoms with Crippen LogP contribution in [0.3, 0.4) is 0 Å². The molecule has 0 aliphatic carbocycles. The van der Waals surface area contributed by atoms with Gasteiger partial charge in [-0.1, -0.05) is 59.6 Å². The van der Waals surface area contributed by atoms with Crippen LogP contribution in [-0.4, -0.2) is 43.3 Å². The number of benzene rings is 3. The molecule has 0 aliphatic heterocycles. The summed E-state index contributed by atoms with van der Waals surface area (Å²) in [7, 11) is -4.15. The van der Waals surface area contributed by atoms with E-state index in [9.17, 15) is 18.0 Å². The summed E-state index contributed by atoms with van der Waals surface area (Å²) in [6.07, 6.45) is 0. The average Bonchev–Trinajstić information content (AvgIpc) is 2.86. The number of hydrogen-bond donors (Lipinski definition) is 1. The highest BCUT2D eigenvalue weighted by atomic mass is 35.5. The Morgan fingerprint density at radius 1 is 0.923 bits per heavy atom. The highest BCUT2D eigenvalue weighted by Gasteiger charge is 2.33. The van der Waals surface area contributed by atoms with Gasteiger partial charge in [0, 0.05) is 17.1 Å². The normalized spacial score (nSPS) is 12.5. The number of carbonyl (C=O) groups excluding carboxylic acids is 2. The molecule has 0 saturated heterocycles. The fourth-order valence-electron chi connectivity index (χ4n) is 4.04. The lowest BCUT2D eigenvalue weighted by Crippen LogP contribution is -2.54. The molecule has 1 atom stereocenters. The zero-order chi connectivity index (χ0) is 29.0. The van der Waals surface area contributed by atoms with Gasteiger partial charge in [-0.3, -0.25) is 13.9 Å². The second-order valence-electron chi connectivity index (χ2n) is 10.7. The molecule has 39 heavy (non-hydrogen) atoms. The second-order valence-corrected chi connectivity index (χ2v) is 13.0. The fraction of sp³-hybridized carbons (Fsp3) is 0.333. The van der Waals surface area contributed by atoms with E-state index in [0.717, 1.165) is 15.4 Å². The molecule has 2 amide bonds. The zero-order valence-corrected chi connectivity index (χ0v) is 24.8. The van der Waals surface area contributed by atoms with Crippen LogP contribution >= 0.6 is 11.6 Å². The van der Waals surface area contributed by atoms with Crippen molar-refractivity contribution in [1.82, 2.24) is 10.2 Å². The predicted molar refractivity (Wildman–Crippen MR) is 156 cm³/mol. The van der Waals surface area contributed by atoms with Gasteiger partial charge in [-0.2, -0.15) is 0 Å². The first kappa shape index (κ1) is 30.2. The molecule has 0 heterocycles. The number of nitrogens with zero attached hydrogens (tertiary/aromatic N) is 2. The molecule has 3 rings (SSSR count). The zero-order valence-electron chi connectivity index (χ0n) is 23.2. The van der Waals surface area contributed by atoms with E-state index in [1.54, 1.807) is 38.1 Å². The van der Waals surface area contributed by atoms with Gasteiger partial charge in [-0.25, -0.2) is 8.42 Å². The van der Waals surface area contributed by atoms with Crippen molar-refractivity contribution < 1.29 is 18.0 Å². The number of rotatable bonds is 9. The van der Waals surface area contributed by atoms with Crippen molar-refractivity contribution in [3.8, 4) is 0 Å². The SMILES string of the molecule is Cc1ccc(CN(C(=O)CN(c2ccccc2C)S(=O)(=O)c2ccc(Cl)cc2)C(C)C(=O)NC(C)(C)C)cc1. The van der Waals surface area contributed by atoms with Crippen molar-refractivity contribution in [2.45, 2.75) is 64.6 Å². The molecule has 3 aromatic rings. The lowest BCUT2D eigenvalue weighted by Gasteiger charge is -2.33. The standard InChI is InChI=1S/C30H36ClN3O4S/c1-21-11-13-24(14-12-21)19-33(23(3)29(36)32-30(4,5)6)28(35)20-34(27-10-8-7-9-22(27)2)39(37,38)26-17-15-25(31)16-18-26/h7-18,23H,19-20H2,1-6H3,(H,32,36). The lowest BCUT2D eigenvalue weighted by molar-refractivity contribution is -0.140. The van der Waals surface area contributed by atoms with E-state index in [1.165, 1.54) is 29.2 Å². The number of anilines is 1. The van der Waals surface area contributed by atoms with E-state index in [4.69, 9.17) is 11.6 Å². The molecule has 0 bridgehead atoms. The van der Waals surface area contributed by atoms with Crippen LogP contribution in [0.25, 0.3) is 0 Å². The van der Waals surface area contributed by atoms with Gasteiger partial charge in [-0.05, 0) is 83.0 Å². The Bertz CT molecular complexity index is 1420. The quantitative estimate of drug-likeness (QED) is 0.369. The molecule has 0 fully saturated rings. The summed E-state index contributed by atoms with van der Waals surface area (Å²) in [6, 6.07) is 19.6. The van der Waals surface area contributed by atoms with Crippen molar-refractivity contribution in [3.63, 3.8) is 0 Å². The third-order valence-electron chi connectivity index (χ3n) is 6.20. The fourth-order valence-corrected chi connectivity index (χ4v) is 5.64. The second kappa shape index (κ2) is 12.2. The Hall–Kier alpha value is -3.36. The van der Waals surface area contributed by atoms with Crippen LogP contribution in [0.15, 0.2) is 77.7 Å². The molecule has 0 saturated carbocycles. The summed E-state index contributed by atoms with van der Waals surface area (Å²) in [5, 5.41) is 3.33. The summed E-state index contributed by atoms with van der Waals surface area (Å²) in [4.78, 5) is 28.6. The van der Waals surface area contributed by atoms with Crippen molar-refractivity contribution in [2.24, 2.45) is 0 Å². The van der Waals surface area contributed by atoms with Crippen LogP contribution in [0.2, 0.25) is 5.02 Å². The minimum absolute atomic E-state index is 0.00608. The summed E-state index contributed by atoms with van der Waals surface area (Å²) in [5.74, 6) is -0.834. The number of halogens is 1. The van der Waals surface area contributed by atoms with Gasteiger partial charge >= 0.3 is 0 Å². The molecule has 208 valence electrons. The number of para-hydroxylation sites is 1. The number of hydrogen-bond acceptors (Lipinski definition) is 4. The largest absolute Gasteiger partial charge is 0.350 e. The van der Waals surface area contributed by atoms with Crippen LogP contribution in [0.4, 0.5) is 5.69 Å². The number of carbonyl (C=O) groups is 2. The Morgan fingerprint density at radius 2 is 1.51 bits per heavy atom. The predicted octanol–water partition coefficient (Wildman–Crippen LogP) is 5.48. The van der Waals surface area contributed by atoms with E-state index in [2.05, 4.69) is 5.32 Å². The first-order valence-corrected chi connectivity index (χ1v) is 14.5. The van der Waals surface area contributed by atoms with Crippen LogP contribution in [0, 0.1) is 13.8 Å². The number of amides is 2. The maximum Gasteiger partial charge on any atom is 0.264 e. The first-order chi connectivity index (χ1) is 18.2. The van der Waals surface area contributed by atoms with E-state index in [1.807, 2.05) is 52.0 Å². The van der Waals surface area contributed by atoms with Crippen molar-refractivity contribution in [3.05, 3.63) is 94.5 Å². The molecule has 0 aromatic heterocycles. The van der Waals surface area contributed by atoms with E-state index in [0.29, 0.717) is 16.3 Å². The van der Waals surface area contributed by atoms with E-state index >= 15 is 0 Å². The Kier molecular flexibility index (Phi) is 9.46. The minimum atomic E-state index is -4.15. The van der Waals surface area contributed by atoms with Crippen LogP contribution < -0.4 is 9.62 Å². The third-order valence-corrected chi connectivity index (χ3v) is 8.23. The third kappa shape index (κ3) is 7.83. The van der Waals surface area contributed by atoms with Crippen LogP contribution in [0.5, 0.6) is 0 Å². The van der Waals surface area contributed by atoms with Crippen LogP contribution in [0.1, 0.15) is 44.4 Å². The molecule has 0 spiro atoms. The number of aryl methyl sites for hydroxylation is 2. The number of sulfonamides is 1. The lowest BCUT2D eigenvalue weighted by atomic mass is 10.1. The molecule has 0 radical (unpaired) electrons. The Labute approximate surface area is 236 Å². The summed E-state index contributed by atoms with van der Waals surface area (Å²) in [6.45, 7) is 10.6. The molecular formula is C30H36ClN3O4S. The minimum Gasteiger partial charge on any atom is -0.350 e. The van der Waals surface area contributed by atoms with Gasteiger partial charge in [-0.15, -0.1) is 0 Å². The van der Waals surface area contributed by atoms with E-state index < -0.39 is 34.1 Å². The molecule has 0 aliphatic rings. The first-order valence-electron chi connectivity index (χ1n) is 12.7. The van der Waals surface area contributed by atoms with E-state index in [-0.39, 0.29) is 17.3 Å². The molecule has 7 nitrogen and oxygen atoms in total. The van der Waals surface area contributed by atoms with Crippen molar-refractivity contribution in [1.29, 1.82) is 0 Å². The maximum atomic E-state index is 14.0. The van der Waals surface area contributed by atoms with Crippen LogP contribution in [-0.2, 0) is 26.2 Å². The van der Waals surface area contributed by atoms with Crippen molar-refractivity contribution >= 4 is 39.1 Å². The smallest absolute Gasteiger partial charge is 0.264 e. The van der Waals surface area contributed by atoms with Gasteiger partial charge in [0.05, 0.1) is 10.6 Å². The highest BCUT2D eigenvalue weighted by Crippen LogP contribution is 2.28. The molecule has 9 heteroatoms. The summed E-state index contributed by atoms with van der Waals surface area (Å²) >= 11 is 6.00. The van der Waals surface area contributed by atoms with Gasteiger partial charge in [0.25, 0.3) is 10.0 Å². The Morgan fingerprint density at radius 3 is 2.08 bits per heavy atom. The number of nitrogens with one attached hydrogen (secondary N) is 1. The average molecular weight is 570 g/mol. The Balaban J connectivity index is 2.04. The monoisotopic (exact) mass is 569 g/mol. The summed E-state index contributed by atoms with van der Waals surface area (Å²) < 4.78 is 28.9. The molecule has 1 unspecified atom stereocenters. The molecule has 3 aromatic carbocycles.